The third kappa shape index (κ3) is 2.89. The van der Waals surface area contributed by atoms with Crippen LogP contribution in [0.15, 0.2) is 28.6 Å². The van der Waals surface area contributed by atoms with Crippen molar-refractivity contribution in [2.75, 3.05) is 0 Å². The molecule has 6 nitrogen and oxygen atoms in total. The summed E-state index contributed by atoms with van der Waals surface area (Å²) in [5, 5.41) is 0. The van der Waals surface area contributed by atoms with Gasteiger partial charge in [-0.05, 0) is 19.3 Å². The minimum atomic E-state index is -0.382. The van der Waals surface area contributed by atoms with Crippen molar-refractivity contribution < 1.29 is 0 Å². The molecule has 0 aliphatic rings. The van der Waals surface area contributed by atoms with Gasteiger partial charge in [0, 0.05) is 13.6 Å². The molecule has 0 bridgehead atoms. The average Bonchev–Trinajstić information content (AvgIpc) is 2.78. The summed E-state index contributed by atoms with van der Waals surface area (Å²) in [6.45, 7) is 4.13. The fourth-order valence-corrected chi connectivity index (χ4v) is 2.28. The number of aryl methyl sites for hydroxylation is 1. The van der Waals surface area contributed by atoms with Crippen molar-refractivity contribution in [3.8, 4) is 0 Å². The van der Waals surface area contributed by atoms with E-state index in [9.17, 15) is 9.59 Å². The Morgan fingerprint density at radius 3 is 2.80 bits per heavy atom. The molecule has 6 heteroatoms. The molecule has 2 heterocycles. The average molecular weight is 276 g/mol. The zero-order valence-corrected chi connectivity index (χ0v) is 11.8. The Bertz CT molecular complexity index is 708. The molecule has 2 aromatic heterocycles. The maximum atomic E-state index is 12.3. The molecule has 0 saturated heterocycles. The molecular formula is C14H20N4O2. The Kier molecular flexibility index (Phi) is 4.55. The van der Waals surface area contributed by atoms with Gasteiger partial charge in [-0.2, -0.15) is 0 Å². The van der Waals surface area contributed by atoms with E-state index in [0.29, 0.717) is 17.7 Å². The van der Waals surface area contributed by atoms with E-state index < -0.39 is 0 Å². The van der Waals surface area contributed by atoms with Gasteiger partial charge in [0.05, 0.1) is 6.33 Å². The van der Waals surface area contributed by atoms with Crippen molar-refractivity contribution in [3.63, 3.8) is 0 Å². The Balaban J connectivity index is 2.10. The molecule has 0 radical (unpaired) electrons. The first-order valence-corrected chi connectivity index (χ1v) is 6.90. The monoisotopic (exact) mass is 276 g/mol. The highest BCUT2D eigenvalue weighted by Gasteiger charge is 2.10. The zero-order chi connectivity index (χ0) is 14.5. The minimum Gasteiger partial charge on any atom is -0.328 e. The quantitative estimate of drug-likeness (QED) is 0.616. The number of nitrogens with zero attached hydrogens (tertiary/aromatic N) is 3. The Labute approximate surface area is 116 Å². The fourth-order valence-electron chi connectivity index (χ4n) is 2.28. The summed E-state index contributed by atoms with van der Waals surface area (Å²) >= 11 is 0. The van der Waals surface area contributed by atoms with Gasteiger partial charge in [-0.15, -0.1) is 6.58 Å². The van der Waals surface area contributed by atoms with Gasteiger partial charge >= 0.3 is 5.69 Å². The van der Waals surface area contributed by atoms with E-state index in [-0.39, 0.29) is 11.2 Å². The highest BCUT2D eigenvalue weighted by Crippen LogP contribution is 2.04. The van der Waals surface area contributed by atoms with Crippen LogP contribution in [0, 0.1) is 0 Å². The lowest BCUT2D eigenvalue weighted by Crippen LogP contribution is -2.35. The second kappa shape index (κ2) is 6.36. The first kappa shape index (κ1) is 14.3. The van der Waals surface area contributed by atoms with Crippen LogP contribution in [0.25, 0.3) is 11.2 Å². The molecule has 2 aromatic rings. The van der Waals surface area contributed by atoms with Crippen molar-refractivity contribution in [1.29, 1.82) is 0 Å². The SMILES string of the molecule is C=CCCCCCCn1c(=O)[nH]c2ncn(C)c2c1=O. The summed E-state index contributed by atoms with van der Waals surface area (Å²) in [6, 6.07) is 0. The van der Waals surface area contributed by atoms with E-state index >= 15 is 0 Å². The molecule has 0 saturated carbocycles. The number of aromatic nitrogens is 4. The molecule has 2 rings (SSSR count). The molecule has 20 heavy (non-hydrogen) atoms. The second-order valence-corrected chi connectivity index (χ2v) is 4.93. The summed E-state index contributed by atoms with van der Waals surface area (Å²) in [6.07, 6.45) is 8.48. The molecule has 0 spiro atoms. The summed E-state index contributed by atoms with van der Waals surface area (Å²) in [4.78, 5) is 30.8. The number of aromatic amines is 1. The van der Waals surface area contributed by atoms with Crippen molar-refractivity contribution in [2.24, 2.45) is 7.05 Å². The molecule has 0 atom stereocenters. The Hall–Kier alpha value is -2.11. The van der Waals surface area contributed by atoms with E-state index in [1.54, 1.807) is 11.6 Å². The Morgan fingerprint density at radius 2 is 2.05 bits per heavy atom. The van der Waals surface area contributed by atoms with Gasteiger partial charge in [-0.3, -0.25) is 14.3 Å². The lowest BCUT2D eigenvalue weighted by molar-refractivity contribution is 0.547. The lowest BCUT2D eigenvalue weighted by Gasteiger charge is -2.05. The summed E-state index contributed by atoms with van der Waals surface area (Å²) in [7, 11) is 1.74. The maximum absolute atomic E-state index is 12.3. The summed E-state index contributed by atoms with van der Waals surface area (Å²) in [5.74, 6) is 0. The molecule has 0 amide bonds. The summed E-state index contributed by atoms with van der Waals surface area (Å²) in [5.41, 5.74) is 0.142. The standard InChI is InChI=1S/C14H20N4O2/c1-3-4-5-6-7-8-9-18-13(19)11-12(16-14(18)20)15-10-17(11)2/h3,10H,1,4-9H2,2H3,(H,16,20). The molecule has 0 aliphatic heterocycles. The van der Waals surface area contributed by atoms with Crippen molar-refractivity contribution >= 4 is 11.2 Å². The van der Waals surface area contributed by atoms with E-state index in [1.165, 1.54) is 10.9 Å². The normalized spacial score (nSPS) is 11.1. The Morgan fingerprint density at radius 1 is 1.30 bits per heavy atom. The van der Waals surface area contributed by atoms with Crippen LogP contribution in [-0.2, 0) is 13.6 Å². The number of hydrogen-bond donors (Lipinski definition) is 1. The van der Waals surface area contributed by atoms with Crippen LogP contribution < -0.4 is 11.2 Å². The number of nitrogens with one attached hydrogen (secondary N) is 1. The van der Waals surface area contributed by atoms with Crippen molar-refractivity contribution in [3.05, 3.63) is 39.8 Å². The van der Waals surface area contributed by atoms with E-state index in [1.807, 2.05) is 6.08 Å². The highest BCUT2D eigenvalue weighted by molar-refractivity contribution is 5.68. The first-order chi connectivity index (χ1) is 9.65. The van der Waals surface area contributed by atoms with Crippen LogP contribution in [0.1, 0.15) is 32.1 Å². The molecule has 0 unspecified atom stereocenters. The highest BCUT2D eigenvalue weighted by atomic mass is 16.2. The maximum Gasteiger partial charge on any atom is 0.330 e. The lowest BCUT2D eigenvalue weighted by atomic mass is 10.1. The van der Waals surface area contributed by atoms with Gasteiger partial charge in [0.1, 0.15) is 0 Å². The van der Waals surface area contributed by atoms with Crippen LogP contribution in [0.2, 0.25) is 0 Å². The number of rotatable bonds is 7. The van der Waals surface area contributed by atoms with Crippen molar-refractivity contribution in [2.45, 2.75) is 38.6 Å². The van der Waals surface area contributed by atoms with Gasteiger partial charge < -0.3 is 4.57 Å². The smallest absolute Gasteiger partial charge is 0.328 e. The molecule has 0 fully saturated rings. The second-order valence-electron chi connectivity index (χ2n) is 4.93. The van der Waals surface area contributed by atoms with Gasteiger partial charge in [0.25, 0.3) is 5.56 Å². The predicted molar refractivity (Wildman–Crippen MR) is 78.9 cm³/mol. The molecular weight excluding hydrogens is 256 g/mol. The molecule has 108 valence electrons. The van der Waals surface area contributed by atoms with Crippen LogP contribution in [0.3, 0.4) is 0 Å². The van der Waals surface area contributed by atoms with Gasteiger partial charge in [-0.25, -0.2) is 9.78 Å². The molecule has 0 aliphatic carbocycles. The van der Waals surface area contributed by atoms with Crippen LogP contribution in [-0.4, -0.2) is 19.1 Å². The topological polar surface area (TPSA) is 72.7 Å². The van der Waals surface area contributed by atoms with Crippen molar-refractivity contribution in [1.82, 2.24) is 19.1 Å². The third-order valence-electron chi connectivity index (χ3n) is 3.40. The summed E-state index contributed by atoms with van der Waals surface area (Å²) < 4.78 is 2.89. The van der Waals surface area contributed by atoms with E-state index in [0.717, 1.165) is 32.1 Å². The zero-order valence-electron chi connectivity index (χ0n) is 11.8. The van der Waals surface area contributed by atoms with Crippen LogP contribution >= 0.6 is 0 Å². The predicted octanol–water partition coefficient (Wildman–Crippen LogP) is 1.56. The minimum absolute atomic E-state index is 0.269. The number of allylic oxidation sites excluding steroid dienone is 1. The van der Waals surface area contributed by atoms with Crippen LogP contribution in [0.4, 0.5) is 0 Å². The third-order valence-corrected chi connectivity index (χ3v) is 3.40. The fraction of sp³-hybridized carbons (Fsp3) is 0.500. The molecule has 1 N–H and O–H groups in total. The number of H-pyrrole nitrogens is 1. The van der Waals surface area contributed by atoms with Gasteiger partial charge in [-0.1, -0.05) is 18.9 Å². The van der Waals surface area contributed by atoms with E-state index in [2.05, 4.69) is 16.5 Å². The number of imidazole rings is 1. The van der Waals surface area contributed by atoms with Crippen LogP contribution in [0.5, 0.6) is 0 Å². The number of fused-ring (bicyclic) bond motifs is 1. The van der Waals surface area contributed by atoms with Gasteiger partial charge in [0.15, 0.2) is 11.2 Å². The van der Waals surface area contributed by atoms with Gasteiger partial charge in [0.2, 0.25) is 0 Å². The number of hydrogen-bond acceptors (Lipinski definition) is 3. The molecule has 0 aromatic carbocycles. The first-order valence-electron chi connectivity index (χ1n) is 6.90. The largest absolute Gasteiger partial charge is 0.330 e. The number of unbranched alkanes of at least 4 members (excludes halogenated alkanes) is 4. The van der Waals surface area contributed by atoms with E-state index in [4.69, 9.17) is 0 Å².